The Hall–Kier alpha value is -2.00. The molecule has 0 aromatic heterocycles. The minimum atomic E-state index is 0.000438. The zero-order valence-corrected chi connectivity index (χ0v) is 12.3. The van der Waals surface area contributed by atoms with Gasteiger partial charge in [-0.3, -0.25) is 4.79 Å². The quantitative estimate of drug-likeness (QED) is 0.465. The predicted molar refractivity (Wildman–Crippen MR) is 84.6 cm³/mol. The maximum atomic E-state index is 12.0. The van der Waals surface area contributed by atoms with Crippen molar-refractivity contribution in [3.05, 3.63) is 65.7 Å². The fraction of sp³-hybridized carbons (Fsp3) is 0.118. The molecule has 0 saturated carbocycles. The number of allylic oxidation sites excluding steroid dienone is 1. The summed E-state index contributed by atoms with van der Waals surface area (Å²) in [5, 5.41) is 0. The van der Waals surface area contributed by atoms with Gasteiger partial charge in [0, 0.05) is 10.5 Å². The van der Waals surface area contributed by atoms with E-state index < -0.39 is 0 Å². The molecule has 0 saturated heterocycles. The van der Waals surface area contributed by atoms with Crippen LogP contribution in [-0.4, -0.2) is 19.1 Å². The molecular formula is C17H16O2S. The summed E-state index contributed by atoms with van der Waals surface area (Å²) < 4.78 is 5.15. The van der Waals surface area contributed by atoms with Gasteiger partial charge in [0.05, 0.1) is 7.11 Å². The van der Waals surface area contributed by atoms with E-state index in [1.165, 1.54) is 0 Å². The Bertz CT molecular complexity index is 615. The van der Waals surface area contributed by atoms with Crippen LogP contribution in [0.25, 0.3) is 6.08 Å². The Morgan fingerprint density at radius 1 is 1.15 bits per heavy atom. The van der Waals surface area contributed by atoms with Crippen molar-refractivity contribution in [2.45, 2.75) is 4.90 Å². The van der Waals surface area contributed by atoms with Gasteiger partial charge in [-0.25, -0.2) is 0 Å². The van der Waals surface area contributed by atoms with Crippen molar-refractivity contribution < 1.29 is 9.53 Å². The van der Waals surface area contributed by atoms with Crippen molar-refractivity contribution in [3.8, 4) is 5.75 Å². The van der Waals surface area contributed by atoms with E-state index in [-0.39, 0.29) is 5.78 Å². The van der Waals surface area contributed by atoms with E-state index in [4.69, 9.17) is 4.74 Å². The highest BCUT2D eigenvalue weighted by Crippen LogP contribution is 2.16. The van der Waals surface area contributed by atoms with Crippen LogP contribution in [0.4, 0.5) is 0 Å². The standard InChI is InChI=1S/C17H16O2S/c1-19-15-5-3-4-13(12-15)6-11-17(18)14-7-9-16(20-2)10-8-14/h3-12H,1-2H3/b11-6+. The van der Waals surface area contributed by atoms with Crippen molar-refractivity contribution in [1.82, 2.24) is 0 Å². The van der Waals surface area contributed by atoms with E-state index in [0.29, 0.717) is 5.56 Å². The molecule has 0 spiro atoms. The highest BCUT2D eigenvalue weighted by atomic mass is 32.2. The van der Waals surface area contributed by atoms with Gasteiger partial charge in [0.2, 0.25) is 0 Å². The van der Waals surface area contributed by atoms with Crippen LogP contribution in [0, 0.1) is 0 Å². The molecule has 3 heteroatoms. The first-order chi connectivity index (χ1) is 9.72. The number of benzene rings is 2. The third-order valence-electron chi connectivity index (χ3n) is 2.90. The summed E-state index contributed by atoms with van der Waals surface area (Å²) in [6.45, 7) is 0. The fourth-order valence-electron chi connectivity index (χ4n) is 1.77. The van der Waals surface area contributed by atoms with Gasteiger partial charge >= 0.3 is 0 Å². The van der Waals surface area contributed by atoms with E-state index in [9.17, 15) is 4.79 Å². The number of rotatable bonds is 5. The molecule has 102 valence electrons. The average Bonchev–Trinajstić information content (AvgIpc) is 2.53. The molecule has 0 aliphatic rings. The Morgan fingerprint density at radius 2 is 1.90 bits per heavy atom. The number of hydrogen-bond donors (Lipinski definition) is 0. The summed E-state index contributed by atoms with van der Waals surface area (Å²) in [5.74, 6) is 0.782. The molecule has 0 fully saturated rings. The normalized spacial score (nSPS) is 10.7. The van der Waals surface area contributed by atoms with E-state index in [2.05, 4.69) is 0 Å². The molecule has 20 heavy (non-hydrogen) atoms. The second-order valence-corrected chi connectivity index (χ2v) is 5.08. The number of carbonyl (C=O) groups is 1. The van der Waals surface area contributed by atoms with E-state index >= 15 is 0 Å². The third-order valence-corrected chi connectivity index (χ3v) is 3.64. The Kier molecular flexibility index (Phi) is 5.02. The predicted octanol–water partition coefficient (Wildman–Crippen LogP) is 4.31. The number of methoxy groups -OCH3 is 1. The third kappa shape index (κ3) is 3.75. The molecule has 0 N–H and O–H groups in total. The van der Waals surface area contributed by atoms with Gasteiger partial charge in [0.1, 0.15) is 5.75 Å². The van der Waals surface area contributed by atoms with Crippen molar-refractivity contribution in [2.75, 3.05) is 13.4 Å². The largest absolute Gasteiger partial charge is 0.497 e. The Labute approximate surface area is 123 Å². The van der Waals surface area contributed by atoms with Crippen molar-refractivity contribution in [3.63, 3.8) is 0 Å². The molecule has 0 bridgehead atoms. The van der Waals surface area contributed by atoms with Crippen LogP contribution in [0.3, 0.4) is 0 Å². The van der Waals surface area contributed by atoms with Crippen LogP contribution in [0.5, 0.6) is 5.75 Å². The lowest BCUT2D eigenvalue weighted by Gasteiger charge is -2.00. The van der Waals surface area contributed by atoms with Gasteiger partial charge in [-0.1, -0.05) is 18.2 Å². The summed E-state index contributed by atoms with van der Waals surface area (Å²) in [6.07, 6.45) is 5.40. The summed E-state index contributed by atoms with van der Waals surface area (Å²) >= 11 is 1.66. The first-order valence-electron chi connectivity index (χ1n) is 6.23. The maximum Gasteiger partial charge on any atom is 0.185 e. The van der Waals surface area contributed by atoms with Crippen LogP contribution in [0.15, 0.2) is 59.5 Å². The zero-order valence-electron chi connectivity index (χ0n) is 11.5. The molecule has 0 unspecified atom stereocenters. The molecule has 0 amide bonds. The lowest BCUT2D eigenvalue weighted by Crippen LogP contribution is -1.93. The van der Waals surface area contributed by atoms with Gasteiger partial charge < -0.3 is 4.74 Å². The maximum absolute atomic E-state index is 12.0. The first-order valence-corrected chi connectivity index (χ1v) is 7.46. The molecule has 2 aromatic rings. The SMILES string of the molecule is COc1cccc(/C=C/C(=O)c2ccc(SC)cc2)c1. The van der Waals surface area contributed by atoms with E-state index in [1.807, 2.05) is 54.8 Å². The van der Waals surface area contributed by atoms with Crippen LogP contribution < -0.4 is 4.74 Å². The molecular weight excluding hydrogens is 268 g/mol. The highest BCUT2D eigenvalue weighted by Gasteiger charge is 2.01. The molecule has 2 rings (SSSR count). The molecule has 0 aliphatic carbocycles. The first kappa shape index (κ1) is 14.4. The summed E-state index contributed by atoms with van der Waals surface area (Å²) in [5.41, 5.74) is 1.64. The number of carbonyl (C=O) groups excluding carboxylic acids is 1. The smallest absolute Gasteiger partial charge is 0.185 e. The zero-order chi connectivity index (χ0) is 14.4. The average molecular weight is 284 g/mol. The van der Waals surface area contributed by atoms with Gasteiger partial charge in [-0.05, 0) is 54.3 Å². The van der Waals surface area contributed by atoms with Crippen molar-refractivity contribution >= 4 is 23.6 Å². The molecule has 2 aromatic carbocycles. The van der Waals surface area contributed by atoms with Crippen molar-refractivity contribution in [2.24, 2.45) is 0 Å². The lowest BCUT2D eigenvalue weighted by molar-refractivity contribution is 0.104. The summed E-state index contributed by atoms with van der Waals surface area (Å²) in [6, 6.07) is 15.2. The minimum Gasteiger partial charge on any atom is -0.497 e. The fourth-order valence-corrected chi connectivity index (χ4v) is 2.18. The second kappa shape index (κ2) is 6.96. The minimum absolute atomic E-state index is 0.000438. The summed E-state index contributed by atoms with van der Waals surface area (Å²) in [7, 11) is 1.63. The topological polar surface area (TPSA) is 26.3 Å². The number of ether oxygens (including phenoxy) is 1. The Morgan fingerprint density at radius 3 is 2.55 bits per heavy atom. The highest BCUT2D eigenvalue weighted by molar-refractivity contribution is 7.98. The number of thioether (sulfide) groups is 1. The van der Waals surface area contributed by atoms with Gasteiger partial charge in [-0.15, -0.1) is 11.8 Å². The lowest BCUT2D eigenvalue weighted by atomic mass is 10.1. The Balaban J connectivity index is 2.11. The van der Waals surface area contributed by atoms with E-state index in [1.54, 1.807) is 31.0 Å². The van der Waals surface area contributed by atoms with E-state index in [0.717, 1.165) is 16.2 Å². The van der Waals surface area contributed by atoms with Crippen LogP contribution >= 0.6 is 11.8 Å². The summed E-state index contributed by atoms with van der Waals surface area (Å²) in [4.78, 5) is 13.2. The molecule has 0 radical (unpaired) electrons. The van der Waals surface area contributed by atoms with Crippen LogP contribution in [0.2, 0.25) is 0 Å². The molecule has 0 heterocycles. The molecule has 0 atom stereocenters. The van der Waals surface area contributed by atoms with Gasteiger partial charge in [0.15, 0.2) is 5.78 Å². The number of hydrogen-bond acceptors (Lipinski definition) is 3. The molecule has 0 aliphatic heterocycles. The van der Waals surface area contributed by atoms with Crippen LogP contribution in [0.1, 0.15) is 15.9 Å². The second-order valence-electron chi connectivity index (χ2n) is 4.20. The van der Waals surface area contributed by atoms with Gasteiger partial charge in [-0.2, -0.15) is 0 Å². The monoisotopic (exact) mass is 284 g/mol. The van der Waals surface area contributed by atoms with Gasteiger partial charge in [0.25, 0.3) is 0 Å². The van der Waals surface area contributed by atoms with Crippen molar-refractivity contribution in [1.29, 1.82) is 0 Å². The number of ketones is 1. The molecule has 2 nitrogen and oxygen atoms in total. The van der Waals surface area contributed by atoms with Crippen LogP contribution in [-0.2, 0) is 0 Å².